The second-order valence-electron chi connectivity index (χ2n) is 5.88. The van der Waals surface area contributed by atoms with E-state index >= 15 is 0 Å². The van der Waals surface area contributed by atoms with E-state index in [1.807, 2.05) is 32.9 Å². The van der Waals surface area contributed by atoms with Crippen molar-refractivity contribution in [2.24, 2.45) is 5.92 Å². The summed E-state index contributed by atoms with van der Waals surface area (Å²) in [5.41, 5.74) is 1.20. The van der Waals surface area contributed by atoms with Gasteiger partial charge >= 0.3 is 0 Å². The summed E-state index contributed by atoms with van der Waals surface area (Å²) in [6.07, 6.45) is 2.17. The van der Waals surface area contributed by atoms with E-state index in [9.17, 15) is 4.79 Å². The van der Waals surface area contributed by atoms with Crippen LogP contribution in [0.2, 0.25) is 0 Å². The van der Waals surface area contributed by atoms with Crippen molar-refractivity contribution >= 4 is 11.6 Å². The summed E-state index contributed by atoms with van der Waals surface area (Å²) in [5, 5.41) is 3.14. The second-order valence-corrected chi connectivity index (χ2v) is 5.88. The summed E-state index contributed by atoms with van der Waals surface area (Å²) >= 11 is 0. The van der Waals surface area contributed by atoms with Crippen LogP contribution < -0.4 is 15.0 Å². The number of carbonyl (C=O) groups excluding carboxylic acids is 1. The Morgan fingerprint density at radius 1 is 1.38 bits per heavy atom. The molecular weight excluding hydrogens is 264 g/mol. The molecule has 1 saturated heterocycles. The Morgan fingerprint density at radius 3 is 2.71 bits per heavy atom. The van der Waals surface area contributed by atoms with Crippen LogP contribution in [0.1, 0.15) is 33.6 Å². The Kier molecular flexibility index (Phi) is 5.48. The van der Waals surface area contributed by atoms with Crippen LogP contribution in [0, 0.1) is 5.92 Å². The fourth-order valence-corrected chi connectivity index (χ4v) is 2.62. The molecule has 0 bridgehead atoms. The van der Waals surface area contributed by atoms with Gasteiger partial charge in [-0.2, -0.15) is 0 Å². The molecule has 1 amide bonds. The molecule has 0 aliphatic carbocycles. The molecule has 1 aromatic rings. The van der Waals surface area contributed by atoms with Crippen molar-refractivity contribution < 1.29 is 9.53 Å². The summed E-state index contributed by atoms with van der Waals surface area (Å²) < 4.78 is 5.47. The van der Waals surface area contributed by atoms with Crippen molar-refractivity contribution in [3.63, 3.8) is 0 Å². The van der Waals surface area contributed by atoms with Crippen molar-refractivity contribution in [1.29, 1.82) is 0 Å². The molecule has 2 rings (SSSR count). The molecule has 1 aromatic carbocycles. The lowest BCUT2D eigenvalue weighted by molar-refractivity contribution is -0.124. The molecule has 1 aliphatic heterocycles. The molecule has 1 heterocycles. The van der Waals surface area contributed by atoms with Crippen molar-refractivity contribution in [3.05, 3.63) is 24.3 Å². The van der Waals surface area contributed by atoms with Crippen molar-refractivity contribution in [1.82, 2.24) is 5.32 Å². The van der Waals surface area contributed by atoms with Gasteiger partial charge in [0.25, 0.3) is 0 Å². The number of carbonyl (C=O) groups is 1. The monoisotopic (exact) mass is 290 g/mol. The number of hydrogen-bond acceptors (Lipinski definition) is 3. The Labute approximate surface area is 127 Å². The topological polar surface area (TPSA) is 41.6 Å². The number of ether oxygens (including phenoxy) is 1. The third-order valence-corrected chi connectivity index (χ3v) is 3.81. The first-order chi connectivity index (χ1) is 10.1. The van der Waals surface area contributed by atoms with E-state index < -0.39 is 0 Å². The van der Waals surface area contributed by atoms with Gasteiger partial charge in [-0.15, -0.1) is 0 Å². The zero-order chi connectivity index (χ0) is 15.2. The highest BCUT2D eigenvalue weighted by Gasteiger charge is 2.22. The normalized spacial score (nSPS) is 18.7. The van der Waals surface area contributed by atoms with E-state index in [-0.39, 0.29) is 17.9 Å². The summed E-state index contributed by atoms with van der Waals surface area (Å²) in [4.78, 5) is 14.2. The van der Waals surface area contributed by atoms with Crippen LogP contribution >= 0.6 is 0 Å². The van der Waals surface area contributed by atoms with Crippen LogP contribution in [-0.2, 0) is 4.79 Å². The van der Waals surface area contributed by atoms with Crippen LogP contribution in [0.5, 0.6) is 5.75 Å². The molecule has 0 aromatic heterocycles. The summed E-state index contributed by atoms with van der Waals surface area (Å²) in [6.45, 7) is 8.46. The standard InChI is InChI=1S/C17H26N2O2/c1-4-21-16-9-7-15(8-10-16)19-11-5-6-14(12-19)18-17(20)13(2)3/h7-10,13-14H,4-6,11-12H2,1-3H3,(H,18,20). The zero-order valence-electron chi connectivity index (χ0n) is 13.3. The SMILES string of the molecule is CCOc1ccc(N2CCCC(NC(=O)C(C)C)C2)cc1. The van der Waals surface area contributed by atoms with Gasteiger partial charge in [-0.1, -0.05) is 13.8 Å². The third kappa shape index (κ3) is 4.38. The number of piperidine rings is 1. The lowest BCUT2D eigenvalue weighted by Gasteiger charge is -2.35. The third-order valence-electron chi connectivity index (χ3n) is 3.81. The van der Waals surface area contributed by atoms with Crippen molar-refractivity contribution in [2.45, 2.75) is 39.7 Å². The maximum Gasteiger partial charge on any atom is 0.222 e. The Hall–Kier alpha value is -1.71. The van der Waals surface area contributed by atoms with E-state index in [0.29, 0.717) is 6.61 Å². The predicted molar refractivity (Wildman–Crippen MR) is 85.8 cm³/mol. The highest BCUT2D eigenvalue weighted by atomic mass is 16.5. The van der Waals surface area contributed by atoms with Crippen LogP contribution in [0.4, 0.5) is 5.69 Å². The number of rotatable bonds is 5. The van der Waals surface area contributed by atoms with Crippen molar-refractivity contribution in [3.8, 4) is 5.75 Å². The van der Waals surface area contributed by atoms with Gasteiger partial charge in [0.1, 0.15) is 5.75 Å². The molecule has 1 aliphatic rings. The highest BCUT2D eigenvalue weighted by molar-refractivity contribution is 5.78. The minimum absolute atomic E-state index is 0.0471. The molecule has 1 N–H and O–H groups in total. The van der Waals surface area contributed by atoms with Gasteiger partial charge in [-0.3, -0.25) is 4.79 Å². The fraction of sp³-hybridized carbons (Fsp3) is 0.588. The smallest absolute Gasteiger partial charge is 0.222 e. The lowest BCUT2D eigenvalue weighted by atomic mass is 10.0. The number of nitrogens with zero attached hydrogens (tertiary/aromatic N) is 1. The maximum atomic E-state index is 11.8. The molecule has 21 heavy (non-hydrogen) atoms. The summed E-state index contributed by atoms with van der Waals surface area (Å²) in [6, 6.07) is 8.46. The predicted octanol–water partition coefficient (Wildman–Crippen LogP) is 2.83. The average Bonchev–Trinajstić information content (AvgIpc) is 2.48. The number of amides is 1. The van der Waals surface area contributed by atoms with E-state index in [1.54, 1.807) is 0 Å². The molecule has 0 spiro atoms. The lowest BCUT2D eigenvalue weighted by Crippen LogP contribution is -2.48. The van der Waals surface area contributed by atoms with Gasteiger partial charge in [0, 0.05) is 30.7 Å². The number of nitrogens with one attached hydrogen (secondary N) is 1. The fourth-order valence-electron chi connectivity index (χ4n) is 2.62. The van der Waals surface area contributed by atoms with E-state index in [4.69, 9.17) is 4.74 Å². The van der Waals surface area contributed by atoms with Crippen LogP contribution in [0.3, 0.4) is 0 Å². The average molecular weight is 290 g/mol. The summed E-state index contributed by atoms with van der Waals surface area (Å²) in [5.74, 6) is 1.10. The number of anilines is 1. The minimum atomic E-state index is 0.0471. The molecule has 4 heteroatoms. The van der Waals surface area contributed by atoms with Crippen LogP contribution in [0.15, 0.2) is 24.3 Å². The van der Waals surface area contributed by atoms with Gasteiger partial charge in [0.15, 0.2) is 0 Å². The molecule has 0 radical (unpaired) electrons. The Balaban J connectivity index is 1.95. The van der Waals surface area contributed by atoms with Gasteiger partial charge in [-0.25, -0.2) is 0 Å². The second kappa shape index (κ2) is 7.34. The van der Waals surface area contributed by atoms with Gasteiger partial charge < -0.3 is 15.0 Å². The molecule has 116 valence electrons. The van der Waals surface area contributed by atoms with Gasteiger partial charge in [0.2, 0.25) is 5.91 Å². The Morgan fingerprint density at radius 2 is 2.10 bits per heavy atom. The van der Waals surface area contributed by atoms with E-state index in [0.717, 1.165) is 31.7 Å². The largest absolute Gasteiger partial charge is 0.494 e. The van der Waals surface area contributed by atoms with E-state index in [2.05, 4.69) is 22.3 Å². The van der Waals surface area contributed by atoms with Gasteiger partial charge in [0.05, 0.1) is 6.61 Å². The van der Waals surface area contributed by atoms with Crippen LogP contribution in [-0.4, -0.2) is 31.6 Å². The van der Waals surface area contributed by atoms with Crippen molar-refractivity contribution in [2.75, 3.05) is 24.6 Å². The van der Waals surface area contributed by atoms with E-state index in [1.165, 1.54) is 5.69 Å². The molecule has 4 nitrogen and oxygen atoms in total. The highest BCUT2D eigenvalue weighted by Crippen LogP contribution is 2.23. The zero-order valence-corrected chi connectivity index (χ0v) is 13.3. The van der Waals surface area contributed by atoms with Gasteiger partial charge in [-0.05, 0) is 44.0 Å². The molecule has 1 atom stereocenters. The number of benzene rings is 1. The molecule has 1 fully saturated rings. The first-order valence-electron chi connectivity index (χ1n) is 7.88. The Bertz CT molecular complexity index is 456. The molecular formula is C17H26N2O2. The first-order valence-corrected chi connectivity index (χ1v) is 7.88. The quantitative estimate of drug-likeness (QED) is 0.906. The maximum absolute atomic E-state index is 11.8. The summed E-state index contributed by atoms with van der Waals surface area (Å²) in [7, 11) is 0. The number of hydrogen-bond donors (Lipinski definition) is 1. The molecule has 1 unspecified atom stereocenters. The molecule has 0 saturated carbocycles. The van der Waals surface area contributed by atoms with Crippen LogP contribution in [0.25, 0.3) is 0 Å². The first kappa shape index (κ1) is 15.7. The minimum Gasteiger partial charge on any atom is -0.494 e.